The number of fused-ring (bicyclic) bond motifs is 1. The van der Waals surface area contributed by atoms with Crippen LogP contribution >= 0.6 is 0 Å². The lowest BCUT2D eigenvalue weighted by Crippen LogP contribution is -2.39. The van der Waals surface area contributed by atoms with Crippen molar-refractivity contribution in [3.05, 3.63) is 66.5 Å². The van der Waals surface area contributed by atoms with Crippen molar-refractivity contribution in [1.82, 2.24) is 14.8 Å². The number of hydrogen-bond acceptors (Lipinski definition) is 6. The average molecular weight is 365 g/mol. The van der Waals surface area contributed by atoms with Gasteiger partial charge in [-0.05, 0) is 31.2 Å². The van der Waals surface area contributed by atoms with Crippen molar-refractivity contribution in [3.63, 3.8) is 0 Å². The number of aryl methyl sites for hydroxylation is 1. The van der Waals surface area contributed by atoms with Crippen LogP contribution in [0.15, 0.2) is 59.4 Å². The Morgan fingerprint density at radius 1 is 1.33 bits per heavy atom. The highest BCUT2D eigenvalue weighted by molar-refractivity contribution is 5.96. The van der Waals surface area contributed by atoms with Crippen LogP contribution in [0.3, 0.4) is 0 Å². The molecule has 0 spiro atoms. The summed E-state index contributed by atoms with van der Waals surface area (Å²) < 4.78 is 12.8. The van der Waals surface area contributed by atoms with Crippen LogP contribution in [0.4, 0.5) is 11.6 Å². The first kappa shape index (κ1) is 16.9. The lowest BCUT2D eigenvalue weighted by Gasteiger charge is -2.32. The third kappa shape index (κ3) is 2.95. The summed E-state index contributed by atoms with van der Waals surface area (Å²) >= 11 is 0. The summed E-state index contributed by atoms with van der Waals surface area (Å²) in [5.41, 5.74) is 1.10. The van der Waals surface area contributed by atoms with Gasteiger partial charge in [-0.1, -0.05) is 18.7 Å². The molecular weight excluding hydrogens is 346 g/mol. The largest absolute Gasteiger partial charge is 0.495 e. The number of ether oxygens (including phenoxy) is 1. The maximum Gasteiger partial charge on any atom is 0.236 e. The molecule has 3 aromatic rings. The Labute approximate surface area is 155 Å². The van der Waals surface area contributed by atoms with Gasteiger partial charge in [-0.25, -0.2) is 4.68 Å². The molecule has 0 bridgehead atoms. The van der Waals surface area contributed by atoms with Crippen LogP contribution in [-0.4, -0.2) is 27.8 Å². The second kappa shape index (κ2) is 6.64. The molecule has 8 nitrogen and oxygen atoms in total. The highest BCUT2D eigenvalue weighted by Crippen LogP contribution is 2.38. The Morgan fingerprint density at radius 2 is 2.15 bits per heavy atom. The van der Waals surface area contributed by atoms with Crippen LogP contribution in [-0.2, 0) is 4.79 Å². The summed E-state index contributed by atoms with van der Waals surface area (Å²) in [6.45, 7) is 5.89. The lowest BCUT2D eigenvalue weighted by molar-refractivity contribution is -0.120. The van der Waals surface area contributed by atoms with E-state index < -0.39 is 12.0 Å². The van der Waals surface area contributed by atoms with E-state index in [1.165, 1.54) is 6.33 Å². The number of methoxy groups -OCH3 is 1. The summed E-state index contributed by atoms with van der Waals surface area (Å²) in [6.07, 6.45) is 1.43. The number of nitrogens with one attached hydrogen (secondary N) is 2. The molecule has 1 amide bonds. The van der Waals surface area contributed by atoms with E-state index in [1.54, 1.807) is 23.9 Å². The highest BCUT2D eigenvalue weighted by Gasteiger charge is 2.41. The number of anilines is 2. The van der Waals surface area contributed by atoms with E-state index in [1.807, 2.05) is 31.2 Å². The van der Waals surface area contributed by atoms with Gasteiger partial charge in [-0.2, -0.15) is 10.1 Å². The van der Waals surface area contributed by atoms with E-state index in [0.717, 1.165) is 5.76 Å². The van der Waals surface area contributed by atoms with Gasteiger partial charge in [0, 0.05) is 5.70 Å². The molecule has 0 radical (unpaired) electrons. The second-order valence-electron chi connectivity index (χ2n) is 6.24. The molecule has 4 rings (SSSR count). The van der Waals surface area contributed by atoms with E-state index >= 15 is 0 Å². The number of para-hydroxylation sites is 2. The van der Waals surface area contributed by atoms with E-state index in [4.69, 9.17) is 9.15 Å². The van der Waals surface area contributed by atoms with Gasteiger partial charge >= 0.3 is 0 Å². The van der Waals surface area contributed by atoms with Gasteiger partial charge in [-0.15, -0.1) is 0 Å². The molecule has 0 aliphatic carbocycles. The normalized spacial score (nSPS) is 18.5. The lowest BCUT2D eigenvalue weighted by atomic mass is 9.92. The number of benzene rings is 1. The van der Waals surface area contributed by atoms with Crippen LogP contribution in [0.2, 0.25) is 0 Å². The number of aromatic nitrogens is 3. The number of amides is 1. The van der Waals surface area contributed by atoms with Gasteiger partial charge in [0.15, 0.2) is 0 Å². The number of carbonyl (C=O) groups excluding carboxylic acids is 1. The maximum atomic E-state index is 13.2. The standard InChI is InChI=1S/C19H19N5O3/c1-11-8-9-15(27-11)17-16(12(2)22-19-20-10-21-24(17)19)18(25)23-13-6-4-5-7-14(13)26-3/h4-10,16-17H,2H2,1,3H3,(H,23,25)(H,20,21,22)/t16-,17+/m1/s1. The van der Waals surface area contributed by atoms with Gasteiger partial charge in [0.2, 0.25) is 11.9 Å². The number of carbonyl (C=O) groups is 1. The van der Waals surface area contributed by atoms with E-state index in [9.17, 15) is 4.79 Å². The Morgan fingerprint density at radius 3 is 2.89 bits per heavy atom. The van der Waals surface area contributed by atoms with Gasteiger partial charge in [0.25, 0.3) is 0 Å². The third-order valence-corrected chi connectivity index (χ3v) is 4.50. The first-order valence-electron chi connectivity index (χ1n) is 8.44. The van der Waals surface area contributed by atoms with Crippen molar-refractivity contribution in [2.24, 2.45) is 5.92 Å². The fourth-order valence-electron chi connectivity index (χ4n) is 3.25. The third-order valence-electron chi connectivity index (χ3n) is 4.50. The molecule has 138 valence electrons. The molecule has 1 aliphatic rings. The Kier molecular flexibility index (Phi) is 4.15. The van der Waals surface area contributed by atoms with Crippen molar-refractivity contribution in [1.29, 1.82) is 0 Å². The molecule has 2 N–H and O–H groups in total. The fourth-order valence-corrected chi connectivity index (χ4v) is 3.25. The summed E-state index contributed by atoms with van der Waals surface area (Å²) in [6, 6.07) is 10.4. The van der Waals surface area contributed by atoms with E-state index in [0.29, 0.717) is 28.8 Å². The Hall–Kier alpha value is -3.55. The number of hydrogen-bond donors (Lipinski definition) is 2. The monoisotopic (exact) mass is 365 g/mol. The van der Waals surface area contributed by atoms with Crippen LogP contribution in [0.25, 0.3) is 0 Å². The Balaban J connectivity index is 1.73. The average Bonchev–Trinajstić information content (AvgIpc) is 3.29. The van der Waals surface area contributed by atoms with E-state index in [2.05, 4.69) is 27.3 Å². The van der Waals surface area contributed by atoms with Crippen molar-refractivity contribution in [3.8, 4) is 5.75 Å². The van der Waals surface area contributed by atoms with Crippen molar-refractivity contribution < 1.29 is 13.9 Å². The second-order valence-corrected chi connectivity index (χ2v) is 6.24. The van der Waals surface area contributed by atoms with Crippen molar-refractivity contribution in [2.75, 3.05) is 17.7 Å². The molecule has 1 aliphatic heterocycles. The fraction of sp³-hybridized carbons (Fsp3) is 0.211. The summed E-state index contributed by atoms with van der Waals surface area (Å²) in [5.74, 6) is 1.54. The van der Waals surface area contributed by atoms with Crippen LogP contribution in [0, 0.1) is 12.8 Å². The SMILES string of the molecule is C=C1Nc2ncnn2[C@@H](c2ccc(C)o2)[C@@H]1C(=O)Nc1ccccc1OC. The summed E-state index contributed by atoms with van der Waals surface area (Å²) in [5, 5.41) is 10.2. The van der Waals surface area contributed by atoms with E-state index in [-0.39, 0.29) is 5.91 Å². The van der Waals surface area contributed by atoms with Crippen molar-refractivity contribution in [2.45, 2.75) is 13.0 Å². The molecule has 27 heavy (non-hydrogen) atoms. The molecule has 0 saturated carbocycles. The predicted octanol–water partition coefficient (Wildman–Crippen LogP) is 2.97. The van der Waals surface area contributed by atoms with Gasteiger partial charge in [0.1, 0.15) is 35.6 Å². The van der Waals surface area contributed by atoms with Crippen molar-refractivity contribution >= 4 is 17.5 Å². The quantitative estimate of drug-likeness (QED) is 0.738. The molecule has 0 fully saturated rings. The molecule has 2 atom stereocenters. The summed E-state index contributed by atoms with van der Waals surface area (Å²) in [7, 11) is 1.56. The van der Waals surface area contributed by atoms with Gasteiger partial charge < -0.3 is 19.8 Å². The van der Waals surface area contributed by atoms with Gasteiger partial charge in [-0.3, -0.25) is 4.79 Å². The molecule has 8 heteroatoms. The van der Waals surface area contributed by atoms with Gasteiger partial charge in [0.05, 0.1) is 12.8 Å². The molecule has 0 saturated heterocycles. The number of nitrogens with zero attached hydrogens (tertiary/aromatic N) is 3. The molecular formula is C19H19N5O3. The number of rotatable bonds is 4. The molecule has 0 unspecified atom stereocenters. The minimum Gasteiger partial charge on any atom is -0.495 e. The molecule has 1 aromatic carbocycles. The van der Waals surface area contributed by atoms with Crippen LogP contribution in [0.5, 0.6) is 5.75 Å². The highest BCUT2D eigenvalue weighted by atomic mass is 16.5. The topological polar surface area (TPSA) is 94.2 Å². The smallest absolute Gasteiger partial charge is 0.236 e. The zero-order valence-electron chi connectivity index (χ0n) is 15.0. The zero-order chi connectivity index (χ0) is 19.0. The minimum absolute atomic E-state index is 0.253. The number of furan rings is 1. The first-order chi connectivity index (χ1) is 13.1. The Bertz CT molecular complexity index is 1010. The summed E-state index contributed by atoms with van der Waals surface area (Å²) in [4.78, 5) is 17.4. The predicted molar refractivity (Wildman–Crippen MR) is 99.5 cm³/mol. The van der Waals surface area contributed by atoms with Crippen LogP contribution < -0.4 is 15.4 Å². The minimum atomic E-state index is -0.658. The molecule has 3 heterocycles. The van der Waals surface area contributed by atoms with Crippen LogP contribution in [0.1, 0.15) is 17.6 Å². The zero-order valence-corrected chi connectivity index (χ0v) is 15.0. The molecule has 2 aromatic heterocycles. The first-order valence-corrected chi connectivity index (χ1v) is 8.44. The maximum absolute atomic E-state index is 13.2.